The van der Waals surface area contributed by atoms with Crippen LogP contribution in [0.5, 0.6) is 5.75 Å². The Morgan fingerprint density at radius 1 is 1.15 bits per heavy atom. The van der Waals surface area contributed by atoms with Crippen LogP contribution >= 0.6 is 0 Å². The van der Waals surface area contributed by atoms with Crippen LogP contribution in [0.2, 0.25) is 0 Å². The molecule has 27 heavy (non-hydrogen) atoms. The van der Waals surface area contributed by atoms with E-state index < -0.39 is 5.60 Å². The molecule has 1 aromatic carbocycles. The molecule has 4 nitrogen and oxygen atoms in total. The molecule has 1 spiro atoms. The fourth-order valence-electron chi connectivity index (χ4n) is 5.23. The maximum Gasteiger partial charge on any atom is 0.222 e. The maximum absolute atomic E-state index is 12.8. The second-order valence-corrected chi connectivity index (χ2v) is 8.93. The van der Waals surface area contributed by atoms with Crippen molar-refractivity contribution in [3.8, 4) is 5.75 Å². The molecule has 0 aromatic heterocycles. The van der Waals surface area contributed by atoms with E-state index in [2.05, 4.69) is 0 Å². The monoisotopic (exact) mass is 369 g/mol. The fraction of sp³-hybridized carbons (Fsp3) is 0.652. The number of Topliss-reactive ketones (excluding diaryl/α,β-unsaturated/α-hetero) is 1. The number of rotatable bonds is 2. The van der Waals surface area contributed by atoms with Crippen LogP contribution < -0.4 is 4.74 Å². The van der Waals surface area contributed by atoms with Gasteiger partial charge in [0.05, 0.1) is 12.0 Å². The van der Waals surface area contributed by atoms with E-state index in [-0.39, 0.29) is 5.78 Å². The third kappa shape index (κ3) is 3.76. The van der Waals surface area contributed by atoms with Crippen molar-refractivity contribution in [3.63, 3.8) is 0 Å². The SMILES string of the molecule is Cc1cc(C)c2c(c1)OC1(CCN(C(=O)CC3CCCCC3)CC1)CC2=O. The summed E-state index contributed by atoms with van der Waals surface area (Å²) in [7, 11) is 0. The summed E-state index contributed by atoms with van der Waals surface area (Å²) in [6.45, 7) is 5.43. The van der Waals surface area contributed by atoms with Gasteiger partial charge in [-0.1, -0.05) is 25.3 Å². The number of fused-ring (bicyclic) bond motifs is 1. The van der Waals surface area contributed by atoms with E-state index >= 15 is 0 Å². The van der Waals surface area contributed by atoms with Crippen LogP contribution in [0.25, 0.3) is 0 Å². The van der Waals surface area contributed by atoms with Gasteiger partial charge in [0.2, 0.25) is 5.91 Å². The highest BCUT2D eigenvalue weighted by atomic mass is 16.5. The molecule has 0 bridgehead atoms. The van der Waals surface area contributed by atoms with Gasteiger partial charge in [0.1, 0.15) is 11.4 Å². The Morgan fingerprint density at radius 2 is 1.85 bits per heavy atom. The van der Waals surface area contributed by atoms with E-state index in [4.69, 9.17) is 4.74 Å². The number of ether oxygens (including phenoxy) is 1. The Bertz CT molecular complexity index is 740. The second-order valence-electron chi connectivity index (χ2n) is 8.93. The Kier molecular flexibility index (Phi) is 5.00. The van der Waals surface area contributed by atoms with E-state index in [0.717, 1.165) is 35.3 Å². The van der Waals surface area contributed by atoms with Gasteiger partial charge in [-0.25, -0.2) is 0 Å². The van der Waals surface area contributed by atoms with Crippen LogP contribution in [0.15, 0.2) is 12.1 Å². The van der Waals surface area contributed by atoms with Crippen LogP contribution in [0.3, 0.4) is 0 Å². The second kappa shape index (κ2) is 7.29. The lowest BCUT2D eigenvalue weighted by molar-refractivity contribution is -0.136. The highest BCUT2D eigenvalue weighted by Gasteiger charge is 2.44. The zero-order chi connectivity index (χ0) is 19.0. The zero-order valence-corrected chi connectivity index (χ0v) is 16.7. The summed E-state index contributed by atoms with van der Waals surface area (Å²) in [5, 5.41) is 0. The molecule has 0 atom stereocenters. The van der Waals surface area contributed by atoms with E-state index in [1.54, 1.807) is 0 Å². The smallest absolute Gasteiger partial charge is 0.222 e. The first-order chi connectivity index (χ1) is 13.0. The number of benzene rings is 1. The molecular formula is C23H31NO3. The number of carbonyl (C=O) groups excluding carboxylic acids is 2. The Morgan fingerprint density at radius 3 is 2.56 bits per heavy atom. The summed E-state index contributed by atoms with van der Waals surface area (Å²) in [6, 6.07) is 4.03. The normalized spacial score (nSPS) is 22.4. The van der Waals surface area contributed by atoms with Gasteiger partial charge in [-0.2, -0.15) is 0 Å². The van der Waals surface area contributed by atoms with Crippen LogP contribution in [-0.2, 0) is 4.79 Å². The van der Waals surface area contributed by atoms with Crippen LogP contribution in [0.4, 0.5) is 0 Å². The fourth-order valence-corrected chi connectivity index (χ4v) is 5.23. The van der Waals surface area contributed by atoms with Crippen molar-refractivity contribution in [3.05, 3.63) is 28.8 Å². The number of hydrogen-bond donors (Lipinski definition) is 0. The average molecular weight is 370 g/mol. The van der Waals surface area contributed by atoms with Gasteiger partial charge in [0.25, 0.3) is 0 Å². The van der Waals surface area contributed by atoms with Crippen molar-refractivity contribution >= 4 is 11.7 Å². The zero-order valence-electron chi connectivity index (χ0n) is 16.7. The Balaban J connectivity index is 1.41. The molecule has 1 saturated heterocycles. The van der Waals surface area contributed by atoms with Crippen molar-refractivity contribution in [1.29, 1.82) is 0 Å². The summed E-state index contributed by atoms with van der Waals surface area (Å²) >= 11 is 0. The highest BCUT2D eigenvalue weighted by Crippen LogP contribution is 2.41. The number of amides is 1. The number of ketones is 1. The first-order valence-corrected chi connectivity index (χ1v) is 10.6. The first kappa shape index (κ1) is 18.5. The van der Waals surface area contributed by atoms with Gasteiger partial charge < -0.3 is 9.64 Å². The van der Waals surface area contributed by atoms with E-state index in [9.17, 15) is 9.59 Å². The van der Waals surface area contributed by atoms with Gasteiger partial charge in [0, 0.05) is 32.4 Å². The van der Waals surface area contributed by atoms with E-state index in [1.165, 1.54) is 32.1 Å². The van der Waals surface area contributed by atoms with Crippen molar-refractivity contribution in [1.82, 2.24) is 4.90 Å². The molecule has 3 aliphatic rings. The van der Waals surface area contributed by atoms with Gasteiger partial charge in [-0.15, -0.1) is 0 Å². The van der Waals surface area contributed by atoms with Crippen LogP contribution in [0.1, 0.15) is 79.3 Å². The molecule has 146 valence electrons. The van der Waals surface area contributed by atoms with E-state index in [1.807, 2.05) is 30.9 Å². The third-order valence-electron chi connectivity index (χ3n) is 6.75. The summed E-state index contributed by atoms with van der Waals surface area (Å²) in [5.74, 6) is 1.81. The van der Waals surface area contributed by atoms with Gasteiger partial charge >= 0.3 is 0 Å². The quantitative estimate of drug-likeness (QED) is 0.765. The lowest BCUT2D eigenvalue weighted by Gasteiger charge is -2.44. The van der Waals surface area contributed by atoms with Gasteiger partial charge in [-0.3, -0.25) is 9.59 Å². The minimum absolute atomic E-state index is 0.190. The molecule has 0 radical (unpaired) electrons. The lowest BCUT2D eigenvalue weighted by Crippen LogP contribution is -2.52. The molecule has 2 heterocycles. The molecule has 2 aliphatic heterocycles. The molecule has 0 unspecified atom stereocenters. The molecule has 1 saturated carbocycles. The number of hydrogen-bond acceptors (Lipinski definition) is 3. The topological polar surface area (TPSA) is 46.6 Å². The number of carbonyl (C=O) groups is 2. The molecule has 4 rings (SSSR count). The largest absolute Gasteiger partial charge is 0.486 e. The number of nitrogens with zero attached hydrogens (tertiary/aromatic N) is 1. The molecular weight excluding hydrogens is 338 g/mol. The van der Waals surface area contributed by atoms with Crippen molar-refractivity contribution < 1.29 is 14.3 Å². The summed E-state index contributed by atoms with van der Waals surface area (Å²) < 4.78 is 6.41. The molecule has 0 N–H and O–H groups in total. The number of piperidine rings is 1. The Labute approximate surface area is 162 Å². The highest BCUT2D eigenvalue weighted by molar-refractivity contribution is 6.01. The van der Waals surface area contributed by atoms with E-state index in [0.29, 0.717) is 37.8 Å². The van der Waals surface area contributed by atoms with Crippen molar-refractivity contribution in [2.24, 2.45) is 5.92 Å². The minimum atomic E-state index is -0.425. The Hall–Kier alpha value is -1.84. The average Bonchev–Trinajstić information content (AvgIpc) is 2.62. The van der Waals surface area contributed by atoms with Crippen molar-refractivity contribution in [2.75, 3.05) is 13.1 Å². The molecule has 1 amide bonds. The maximum atomic E-state index is 12.8. The predicted molar refractivity (Wildman–Crippen MR) is 105 cm³/mol. The standard InChI is InChI=1S/C23H31NO3/c1-16-12-17(2)22-19(25)15-23(27-20(22)13-16)8-10-24(11-9-23)21(26)14-18-6-4-3-5-7-18/h12-13,18H,3-11,14-15H2,1-2H3. The lowest BCUT2D eigenvalue weighted by atomic mass is 9.81. The van der Waals surface area contributed by atoms with Gasteiger partial charge in [-0.05, 0) is 49.8 Å². The number of likely N-dealkylation sites (tertiary alicyclic amines) is 1. The summed E-state index contributed by atoms with van der Waals surface area (Å²) in [6.07, 6.45) is 8.92. The molecule has 2 fully saturated rings. The summed E-state index contributed by atoms with van der Waals surface area (Å²) in [5.41, 5.74) is 2.45. The van der Waals surface area contributed by atoms with Crippen LogP contribution in [-0.4, -0.2) is 35.3 Å². The van der Waals surface area contributed by atoms with Gasteiger partial charge in [0.15, 0.2) is 5.78 Å². The third-order valence-corrected chi connectivity index (χ3v) is 6.75. The molecule has 1 aromatic rings. The predicted octanol–water partition coefficient (Wildman–Crippen LogP) is 4.60. The number of aryl methyl sites for hydroxylation is 2. The first-order valence-electron chi connectivity index (χ1n) is 10.6. The summed E-state index contributed by atoms with van der Waals surface area (Å²) in [4.78, 5) is 27.5. The molecule has 1 aliphatic carbocycles. The minimum Gasteiger partial charge on any atom is -0.486 e. The van der Waals surface area contributed by atoms with Crippen molar-refractivity contribution in [2.45, 2.75) is 77.2 Å². The molecule has 4 heteroatoms. The van der Waals surface area contributed by atoms with Crippen LogP contribution in [0, 0.1) is 19.8 Å².